The Morgan fingerprint density at radius 2 is 2.40 bits per heavy atom. The molecule has 3 unspecified atom stereocenters. The Kier molecular flexibility index (Phi) is 1.90. The molecule has 2 nitrogen and oxygen atoms in total. The van der Waals surface area contributed by atoms with E-state index in [9.17, 15) is 4.79 Å². The van der Waals surface area contributed by atoms with E-state index in [0.717, 1.165) is 12.7 Å². The maximum atomic E-state index is 10.1. The van der Waals surface area contributed by atoms with E-state index < -0.39 is 0 Å². The molecule has 2 N–H and O–H groups in total. The number of carbonyl (C=O) groups excluding carboxylic acids is 1. The van der Waals surface area contributed by atoms with Crippen molar-refractivity contribution in [1.29, 1.82) is 0 Å². The second-order valence-electron chi connectivity index (χ2n) is 3.01. The Labute approximate surface area is 61.1 Å². The highest BCUT2D eigenvalue weighted by Gasteiger charge is 2.38. The molecule has 0 radical (unpaired) electrons. The van der Waals surface area contributed by atoms with Gasteiger partial charge in [-0.15, -0.1) is 0 Å². The largest absolute Gasteiger partial charge is 0.322 e. The topological polar surface area (TPSA) is 43.1 Å². The number of allylic oxidation sites excluding steroid dienone is 1. The molecule has 0 saturated heterocycles. The van der Waals surface area contributed by atoms with Gasteiger partial charge in [0.1, 0.15) is 6.29 Å². The van der Waals surface area contributed by atoms with Crippen molar-refractivity contribution in [3.63, 3.8) is 0 Å². The van der Waals surface area contributed by atoms with Crippen LogP contribution in [0.1, 0.15) is 13.3 Å². The number of rotatable bonds is 3. The van der Waals surface area contributed by atoms with Crippen molar-refractivity contribution >= 4 is 6.29 Å². The maximum Gasteiger partial charge on any atom is 0.136 e. The summed E-state index contributed by atoms with van der Waals surface area (Å²) in [5.41, 5.74) is 6.68. The lowest BCUT2D eigenvalue weighted by atomic mass is 10.1. The zero-order valence-corrected chi connectivity index (χ0v) is 6.21. The number of aldehydes is 1. The highest BCUT2D eigenvalue weighted by atomic mass is 16.1. The van der Waals surface area contributed by atoms with E-state index in [1.54, 1.807) is 0 Å². The van der Waals surface area contributed by atoms with Gasteiger partial charge in [-0.2, -0.15) is 0 Å². The van der Waals surface area contributed by atoms with Crippen LogP contribution < -0.4 is 5.73 Å². The molecule has 1 fully saturated rings. The smallest absolute Gasteiger partial charge is 0.136 e. The fourth-order valence-corrected chi connectivity index (χ4v) is 1.25. The van der Waals surface area contributed by atoms with Crippen LogP contribution in [0.4, 0.5) is 0 Å². The van der Waals surface area contributed by atoms with Crippen molar-refractivity contribution in [3.05, 3.63) is 12.2 Å². The van der Waals surface area contributed by atoms with Gasteiger partial charge in [-0.05, 0) is 18.3 Å². The van der Waals surface area contributed by atoms with Crippen molar-refractivity contribution in [1.82, 2.24) is 0 Å². The molecule has 0 aromatic rings. The minimum Gasteiger partial charge on any atom is -0.322 e. The Morgan fingerprint density at radius 1 is 1.90 bits per heavy atom. The fourth-order valence-electron chi connectivity index (χ4n) is 1.25. The average Bonchev–Trinajstić information content (AvgIpc) is 2.45. The molecule has 0 aliphatic heterocycles. The van der Waals surface area contributed by atoms with Crippen LogP contribution >= 0.6 is 0 Å². The first kappa shape index (κ1) is 7.48. The van der Waals surface area contributed by atoms with Crippen molar-refractivity contribution < 1.29 is 4.79 Å². The quantitative estimate of drug-likeness (QED) is 0.462. The molecule has 0 bridgehead atoms. The molecule has 0 heterocycles. The highest BCUT2D eigenvalue weighted by Crippen LogP contribution is 2.46. The molecule has 10 heavy (non-hydrogen) atoms. The van der Waals surface area contributed by atoms with E-state index in [-0.39, 0.29) is 6.04 Å². The molecule has 56 valence electrons. The first-order valence-corrected chi connectivity index (χ1v) is 3.56. The van der Waals surface area contributed by atoms with Crippen molar-refractivity contribution in [3.8, 4) is 0 Å². The molecule has 2 heteroatoms. The van der Waals surface area contributed by atoms with E-state index in [4.69, 9.17) is 5.73 Å². The molecule has 3 atom stereocenters. The molecular weight excluding hydrogens is 126 g/mol. The molecule has 1 aliphatic carbocycles. The molecule has 0 aromatic carbocycles. The van der Waals surface area contributed by atoms with E-state index in [0.29, 0.717) is 11.8 Å². The lowest BCUT2D eigenvalue weighted by Crippen LogP contribution is -2.21. The summed E-state index contributed by atoms with van der Waals surface area (Å²) in [6, 6.07) is -0.285. The molecular formula is C8H13NO. The minimum absolute atomic E-state index is 0.285. The normalized spacial score (nSPS) is 33.6. The lowest BCUT2D eigenvalue weighted by molar-refractivity contribution is -0.109. The van der Waals surface area contributed by atoms with Crippen LogP contribution in [0.2, 0.25) is 0 Å². The van der Waals surface area contributed by atoms with Gasteiger partial charge in [0.2, 0.25) is 0 Å². The Bertz CT molecular complexity index is 165. The minimum atomic E-state index is -0.285. The molecule has 1 rings (SSSR count). The summed E-state index contributed by atoms with van der Waals surface area (Å²) in [6.07, 6.45) is 1.59. The Balaban J connectivity index is 2.28. The van der Waals surface area contributed by atoms with Crippen LogP contribution in [0, 0.1) is 11.8 Å². The van der Waals surface area contributed by atoms with E-state index >= 15 is 0 Å². The molecule has 0 amide bonds. The lowest BCUT2D eigenvalue weighted by Gasteiger charge is -1.98. The first-order valence-electron chi connectivity index (χ1n) is 3.56. The summed E-state index contributed by atoms with van der Waals surface area (Å²) in [7, 11) is 0. The van der Waals surface area contributed by atoms with Gasteiger partial charge in [-0.3, -0.25) is 0 Å². The van der Waals surface area contributed by atoms with Crippen LogP contribution in [0.5, 0.6) is 0 Å². The van der Waals surface area contributed by atoms with Gasteiger partial charge in [-0.1, -0.05) is 19.1 Å². The molecule has 0 aromatic heterocycles. The Hall–Kier alpha value is -0.630. The summed E-state index contributed by atoms with van der Waals surface area (Å²) in [5, 5.41) is 0. The van der Waals surface area contributed by atoms with Gasteiger partial charge in [0, 0.05) is 0 Å². The third-order valence-corrected chi connectivity index (χ3v) is 2.26. The summed E-state index contributed by atoms with van der Waals surface area (Å²) in [6.45, 7) is 5.96. The average molecular weight is 139 g/mol. The summed E-state index contributed by atoms with van der Waals surface area (Å²) >= 11 is 0. The second-order valence-corrected chi connectivity index (χ2v) is 3.01. The van der Waals surface area contributed by atoms with Gasteiger partial charge in [0.05, 0.1) is 6.04 Å². The van der Waals surface area contributed by atoms with Gasteiger partial charge in [0.25, 0.3) is 0 Å². The summed E-state index contributed by atoms with van der Waals surface area (Å²) < 4.78 is 0. The number of nitrogens with two attached hydrogens (primary N) is 1. The number of carbonyl (C=O) groups is 1. The van der Waals surface area contributed by atoms with Gasteiger partial charge < -0.3 is 10.5 Å². The predicted molar refractivity (Wildman–Crippen MR) is 40.5 cm³/mol. The van der Waals surface area contributed by atoms with Crippen molar-refractivity contribution in [2.45, 2.75) is 19.4 Å². The molecule has 0 spiro atoms. The summed E-state index contributed by atoms with van der Waals surface area (Å²) in [5.74, 6) is 1.10. The van der Waals surface area contributed by atoms with Gasteiger partial charge in [0.15, 0.2) is 0 Å². The zero-order chi connectivity index (χ0) is 7.72. The first-order chi connectivity index (χ1) is 4.66. The fraction of sp³-hybridized carbons (Fsp3) is 0.625. The highest BCUT2D eigenvalue weighted by molar-refractivity contribution is 5.57. The monoisotopic (exact) mass is 139 g/mol. The predicted octanol–water partition coefficient (Wildman–Crippen LogP) is 0.725. The van der Waals surface area contributed by atoms with Gasteiger partial charge >= 0.3 is 0 Å². The third kappa shape index (κ3) is 1.27. The van der Waals surface area contributed by atoms with E-state index in [1.165, 1.54) is 5.57 Å². The Morgan fingerprint density at radius 3 is 2.70 bits per heavy atom. The molecule has 1 aliphatic rings. The van der Waals surface area contributed by atoms with Crippen LogP contribution in [-0.2, 0) is 4.79 Å². The van der Waals surface area contributed by atoms with E-state index in [2.05, 4.69) is 13.5 Å². The zero-order valence-electron chi connectivity index (χ0n) is 6.21. The van der Waals surface area contributed by atoms with Crippen LogP contribution in [0.25, 0.3) is 0 Å². The van der Waals surface area contributed by atoms with Crippen LogP contribution in [-0.4, -0.2) is 12.3 Å². The number of hydrogen-bond acceptors (Lipinski definition) is 2. The van der Waals surface area contributed by atoms with Gasteiger partial charge in [-0.25, -0.2) is 0 Å². The third-order valence-electron chi connectivity index (χ3n) is 2.26. The molecule has 1 saturated carbocycles. The second kappa shape index (κ2) is 2.54. The van der Waals surface area contributed by atoms with Crippen molar-refractivity contribution in [2.75, 3.05) is 0 Å². The van der Waals surface area contributed by atoms with E-state index in [1.807, 2.05) is 0 Å². The summed E-state index contributed by atoms with van der Waals surface area (Å²) in [4.78, 5) is 10.1. The van der Waals surface area contributed by atoms with Crippen LogP contribution in [0.15, 0.2) is 12.2 Å². The number of hydrogen-bond donors (Lipinski definition) is 1. The van der Waals surface area contributed by atoms with Crippen molar-refractivity contribution in [2.24, 2.45) is 17.6 Å². The SMILES string of the molecule is C=C1C(C)C1CC(N)C=O. The maximum absolute atomic E-state index is 10.1. The standard InChI is InChI=1S/C8H13NO/c1-5-6(2)8(5)3-7(9)4-10/h4,6-8H,1,3,9H2,2H3. The van der Waals surface area contributed by atoms with Crippen LogP contribution in [0.3, 0.4) is 0 Å².